The molecule has 0 aromatic rings. The molecule has 17 heavy (non-hydrogen) atoms. The maximum Gasteiger partial charge on any atom is -0.0388 e. The molecule has 1 rings (SSSR count). The Morgan fingerprint density at radius 1 is 0.882 bits per heavy atom. The third-order valence-electron chi connectivity index (χ3n) is 4.38. The van der Waals surface area contributed by atoms with Gasteiger partial charge in [0.1, 0.15) is 0 Å². The molecule has 104 valence electrons. The quantitative estimate of drug-likeness (QED) is 0.518. The Balaban J connectivity index is 0.000000557. The van der Waals surface area contributed by atoms with Crippen LogP contribution in [-0.2, 0) is 0 Å². The molecule has 0 aromatic carbocycles. The van der Waals surface area contributed by atoms with E-state index in [0.29, 0.717) is 0 Å². The number of hydrogen-bond donors (Lipinski definition) is 0. The van der Waals surface area contributed by atoms with E-state index in [9.17, 15) is 0 Å². The molecule has 1 unspecified atom stereocenters. The minimum atomic E-state index is 0.993. The summed E-state index contributed by atoms with van der Waals surface area (Å²) in [7, 11) is 0. The molecule has 1 aliphatic rings. The molecule has 0 aliphatic heterocycles. The van der Waals surface area contributed by atoms with Gasteiger partial charge in [0.2, 0.25) is 0 Å². The van der Waals surface area contributed by atoms with Gasteiger partial charge in [0, 0.05) is 0 Å². The summed E-state index contributed by atoms with van der Waals surface area (Å²) in [4.78, 5) is 0. The molecule has 0 amide bonds. The third-order valence-corrected chi connectivity index (χ3v) is 4.38. The smallest absolute Gasteiger partial charge is 0.0388 e. The molecule has 0 radical (unpaired) electrons. The second-order valence-electron chi connectivity index (χ2n) is 6.14. The number of hydrogen-bond acceptors (Lipinski definition) is 0. The van der Waals surface area contributed by atoms with Crippen molar-refractivity contribution in [3.63, 3.8) is 0 Å². The van der Waals surface area contributed by atoms with Gasteiger partial charge < -0.3 is 0 Å². The van der Waals surface area contributed by atoms with Crippen LogP contribution in [0.4, 0.5) is 0 Å². The molecule has 0 heteroatoms. The Kier molecular flexibility index (Phi) is 11.1. The fourth-order valence-electron chi connectivity index (χ4n) is 2.62. The van der Waals surface area contributed by atoms with E-state index < -0.39 is 0 Å². The van der Waals surface area contributed by atoms with Crippen LogP contribution in [0.25, 0.3) is 0 Å². The summed E-state index contributed by atoms with van der Waals surface area (Å²) in [6.07, 6.45) is 12.9. The lowest BCUT2D eigenvalue weighted by Crippen LogP contribution is -2.18. The monoisotopic (exact) mass is 240 g/mol. The topological polar surface area (TPSA) is 0 Å². The zero-order chi connectivity index (χ0) is 13.1. The van der Waals surface area contributed by atoms with Crippen molar-refractivity contribution >= 4 is 0 Å². The maximum atomic E-state index is 2.47. The van der Waals surface area contributed by atoms with Crippen LogP contribution in [0.1, 0.15) is 92.4 Å². The lowest BCUT2D eigenvalue weighted by atomic mass is 9.75. The Hall–Kier alpha value is 0. The van der Waals surface area contributed by atoms with Crippen LogP contribution >= 0.6 is 0 Å². The molecule has 1 atom stereocenters. The molecule has 0 N–H and O–H groups in total. The molecule has 1 fully saturated rings. The van der Waals surface area contributed by atoms with Crippen LogP contribution in [-0.4, -0.2) is 0 Å². The highest BCUT2D eigenvalue weighted by Gasteiger charge is 2.22. The van der Waals surface area contributed by atoms with E-state index in [0.717, 1.165) is 17.8 Å². The Labute approximate surface area is 111 Å². The summed E-state index contributed by atoms with van der Waals surface area (Å²) in [6, 6.07) is 0. The highest BCUT2D eigenvalue weighted by Crippen LogP contribution is 2.34. The maximum absolute atomic E-state index is 2.47. The Morgan fingerprint density at radius 3 is 1.82 bits per heavy atom. The fourth-order valence-corrected chi connectivity index (χ4v) is 2.62. The van der Waals surface area contributed by atoms with Gasteiger partial charge in [-0.25, -0.2) is 0 Å². The summed E-state index contributed by atoms with van der Waals surface area (Å²) in [5, 5.41) is 0. The van der Waals surface area contributed by atoms with Crippen molar-refractivity contribution in [2.24, 2.45) is 17.8 Å². The summed E-state index contributed by atoms with van der Waals surface area (Å²) in [5.74, 6) is 3.06. The average molecular weight is 240 g/mol. The standard InChI is InChI=1S/C13H26.C4H10/c1-4-5-6-12(3)13-9-7-11(2)8-10-13;1-3-4-2/h11-13H,4-10H2,1-3H3;3-4H2,1-2H3. The van der Waals surface area contributed by atoms with E-state index >= 15 is 0 Å². The summed E-state index contributed by atoms with van der Waals surface area (Å²) in [5.41, 5.74) is 0. The van der Waals surface area contributed by atoms with E-state index in [4.69, 9.17) is 0 Å². The van der Waals surface area contributed by atoms with Crippen LogP contribution in [0, 0.1) is 17.8 Å². The normalized spacial score (nSPS) is 25.9. The fraction of sp³-hybridized carbons (Fsp3) is 1.00. The predicted octanol–water partition coefficient (Wildman–Crippen LogP) is 6.45. The average Bonchev–Trinajstić information content (AvgIpc) is 2.37. The SMILES string of the molecule is CCCC.CCCCC(C)C1CCC(C)CC1. The van der Waals surface area contributed by atoms with Gasteiger partial charge in [-0.15, -0.1) is 0 Å². The first kappa shape index (κ1) is 17.0. The first-order valence-corrected chi connectivity index (χ1v) is 8.15. The van der Waals surface area contributed by atoms with Gasteiger partial charge in [-0.1, -0.05) is 79.6 Å². The van der Waals surface area contributed by atoms with Crippen LogP contribution in [0.15, 0.2) is 0 Å². The molecule has 0 aromatic heterocycles. The van der Waals surface area contributed by atoms with Crippen molar-refractivity contribution in [2.45, 2.75) is 92.4 Å². The van der Waals surface area contributed by atoms with Gasteiger partial charge in [-0.05, 0) is 30.6 Å². The van der Waals surface area contributed by atoms with Crippen molar-refractivity contribution in [3.05, 3.63) is 0 Å². The largest absolute Gasteiger partial charge is 0.0654 e. The van der Waals surface area contributed by atoms with Gasteiger partial charge in [0.15, 0.2) is 0 Å². The zero-order valence-corrected chi connectivity index (χ0v) is 13.1. The van der Waals surface area contributed by atoms with E-state index in [-0.39, 0.29) is 0 Å². The van der Waals surface area contributed by atoms with Crippen LogP contribution in [0.2, 0.25) is 0 Å². The van der Waals surface area contributed by atoms with Crippen molar-refractivity contribution < 1.29 is 0 Å². The predicted molar refractivity (Wildman–Crippen MR) is 80.4 cm³/mol. The summed E-state index contributed by atoms with van der Waals surface area (Å²) < 4.78 is 0. The summed E-state index contributed by atoms with van der Waals surface area (Å²) >= 11 is 0. The zero-order valence-electron chi connectivity index (χ0n) is 13.1. The second-order valence-corrected chi connectivity index (χ2v) is 6.14. The highest BCUT2D eigenvalue weighted by atomic mass is 14.3. The van der Waals surface area contributed by atoms with Gasteiger partial charge in [-0.3, -0.25) is 0 Å². The molecule has 0 saturated heterocycles. The van der Waals surface area contributed by atoms with Gasteiger partial charge in [0.05, 0.1) is 0 Å². The molecular formula is C17H36. The first-order valence-electron chi connectivity index (χ1n) is 8.15. The first-order chi connectivity index (χ1) is 8.15. The third kappa shape index (κ3) is 8.69. The van der Waals surface area contributed by atoms with E-state index in [2.05, 4.69) is 34.6 Å². The summed E-state index contributed by atoms with van der Waals surface area (Å²) in [6.45, 7) is 11.5. The van der Waals surface area contributed by atoms with Crippen LogP contribution in [0.5, 0.6) is 0 Å². The Bertz CT molecular complexity index is 140. The van der Waals surface area contributed by atoms with E-state index in [1.54, 1.807) is 0 Å². The van der Waals surface area contributed by atoms with E-state index in [1.165, 1.54) is 57.8 Å². The number of unbranched alkanes of at least 4 members (excludes halogenated alkanes) is 2. The van der Waals surface area contributed by atoms with Crippen molar-refractivity contribution in [1.29, 1.82) is 0 Å². The molecule has 0 nitrogen and oxygen atoms in total. The van der Waals surface area contributed by atoms with E-state index in [1.807, 2.05) is 0 Å². The van der Waals surface area contributed by atoms with Gasteiger partial charge in [0.25, 0.3) is 0 Å². The lowest BCUT2D eigenvalue weighted by molar-refractivity contribution is 0.213. The second kappa shape index (κ2) is 11.1. The lowest BCUT2D eigenvalue weighted by Gasteiger charge is -2.30. The Morgan fingerprint density at radius 2 is 1.41 bits per heavy atom. The highest BCUT2D eigenvalue weighted by molar-refractivity contribution is 4.74. The molecule has 0 spiro atoms. The molecule has 1 saturated carbocycles. The minimum Gasteiger partial charge on any atom is -0.0654 e. The van der Waals surface area contributed by atoms with Gasteiger partial charge >= 0.3 is 0 Å². The van der Waals surface area contributed by atoms with Crippen molar-refractivity contribution in [1.82, 2.24) is 0 Å². The minimum absolute atomic E-state index is 0.993. The molecule has 0 heterocycles. The van der Waals surface area contributed by atoms with Crippen molar-refractivity contribution in [2.75, 3.05) is 0 Å². The van der Waals surface area contributed by atoms with Crippen LogP contribution < -0.4 is 0 Å². The molecular weight excluding hydrogens is 204 g/mol. The molecule has 1 aliphatic carbocycles. The molecule has 0 bridgehead atoms. The van der Waals surface area contributed by atoms with Crippen molar-refractivity contribution in [3.8, 4) is 0 Å². The van der Waals surface area contributed by atoms with Gasteiger partial charge in [-0.2, -0.15) is 0 Å². The number of rotatable bonds is 5. The van der Waals surface area contributed by atoms with Crippen LogP contribution in [0.3, 0.4) is 0 Å².